The summed E-state index contributed by atoms with van der Waals surface area (Å²) in [6.45, 7) is 4.63. The van der Waals surface area contributed by atoms with E-state index < -0.39 is 0 Å². The van der Waals surface area contributed by atoms with Gasteiger partial charge in [-0.3, -0.25) is 9.69 Å². The van der Waals surface area contributed by atoms with Crippen LogP contribution in [-0.2, 0) is 11.3 Å². The fraction of sp³-hybridized carbons (Fsp3) is 0.550. The van der Waals surface area contributed by atoms with E-state index in [-0.39, 0.29) is 5.92 Å². The molecule has 3 heterocycles. The second kappa shape index (κ2) is 8.40. The summed E-state index contributed by atoms with van der Waals surface area (Å²) in [4.78, 5) is 21.3. The Morgan fingerprint density at radius 2 is 1.89 bits per heavy atom. The third kappa shape index (κ3) is 4.33. The molecule has 2 aliphatic heterocycles. The number of hydrogen-bond acceptors (Lipinski definition) is 4. The normalized spacial score (nSPS) is 19.4. The number of amides is 1. The van der Waals surface area contributed by atoms with Crippen LogP contribution >= 0.6 is 11.6 Å². The van der Waals surface area contributed by atoms with Crippen molar-refractivity contribution in [2.75, 3.05) is 26.2 Å². The third-order valence-corrected chi connectivity index (χ3v) is 5.95. The predicted molar refractivity (Wildman–Crippen MR) is 105 cm³/mol. The van der Waals surface area contributed by atoms with Crippen molar-refractivity contribution >= 4 is 17.5 Å². The van der Waals surface area contributed by atoms with E-state index in [0.717, 1.165) is 64.1 Å². The minimum Gasteiger partial charge on any atom is -0.342 e. The molecule has 2 fully saturated rings. The highest BCUT2D eigenvalue weighted by molar-refractivity contribution is 6.30. The van der Waals surface area contributed by atoms with Crippen molar-refractivity contribution in [3.05, 3.63) is 41.4 Å². The number of rotatable bonds is 4. The fourth-order valence-electron chi connectivity index (χ4n) is 4.17. The van der Waals surface area contributed by atoms with Crippen LogP contribution in [0.4, 0.5) is 0 Å². The quantitative estimate of drug-likeness (QED) is 0.808. The topological polar surface area (TPSA) is 54.3 Å². The van der Waals surface area contributed by atoms with Gasteiger partial charge in [0.25, 0.3) is 0 Å². The van der Waals surface area contributed by atoms with E-state index in [1.54, 1.807) is 11.0 Å². The molecule has 6 nitrogen and oxygen atoms in total. The lowest BCUT2D eigenvalue weighted by molar-refractivity contribution is -0.138. The Kier molecular flexibility index (Phi) is 5.74. The molecule has 0 atom stereocenters. The number of benzene rings is 1. The first kappa shape index (κ1) is 18.4. The molecule has 0 spiro atoms. The lowest BCUT2D eigenvalue weighted by atomic mass is 9.94. The Balaban J connectivity index is 1.38. The van der Waals surface area contributed by atoms with Gasteiger partial charge in [0.1, 0.15) is 12.7 Å². The van der Waals surface area contributed by atoms with Crippen molar-refractivity contribution in [3.63, 3.8) is 0 Å². The first-order chi connectivity index (χ1) is 13.2. The van der Waals surface area contributed by atoms with Crippen LogP contribution in [0.1, 0.15) is 37.7 Å². The Labute approximate surface area is 165 Å². The van der Waals surface area contributed by atoms with Gasteiger partial charge < -0.3 is 4.90 Å². The van der Waals surface area contributed by atoms with E-state index in [2.05, 4.69) is 25.9 Å². The van der Waals surface area contributed by atoms with Gasteiger partial charge in [0.05, 0.1) is 5.69 Å². The molecule has 27 heavy (non-hydrogen) atoms. The van der Waals surface area contributed by atoms with Crippen molar-refractivity contribution in [2.45, 2.75) is 38.6 Å². The van der Waals surface area contributed by atoms with E-state index >= 15 is 0 Å². The molecular formula is C20H26ClN5O. The third-order valence-electron chi connectivity index (χ3n) is 5.71. The van der Waals surface area contributed by atoms with Crippen LogP contribution < -0.4 is 0 Å². The molecule has 0 N–H and O–H groups in total. The molecule has 144 valence electrons. The lowest BCUT2D eigenvalue weighted by Crippen LogP contribution is -2.44. The molecular weight excluding hydrogens is 362 g/mol. The van der Waals surface area contributed by atoms with Crippen LogP contribution in [0.5, 0.6) is 0 Å². The van der Waals surface area contributed by atoms with Crippen molar-refractivity contribution < 1.29 is 4.79 Å². The lowest BCUT2D eigenvalue weighted by Gasteiger charge is -2.35. The summed E-state index contributed by atoms with van der Waals surface area (Å²) in [5.74, 6) is 0.573. The number of halogens is 1. The van der Waals surface area contributed by atoms with E-state index in [9.17, 15) is 4.79 Å². The van der Waals surface area contributed by atoms with Gasteiger partial charge in [-0.2, -0.15) is 5.10 Å². The van der Waals surface area contributed by atoms with E-state index in [0.29, 0.717) is 10.9 Å². The standard InChI is InChI=1S/C20H26ClN5O/c21-18-5-4-17(19(12-18)26-15-22-14-23-26)13-24-10-6-16(7-11-24)20(27)25-8-2-1-3-9-25/h4-5,12,14-16H,1-3,6-11,13H2. The number of likely N-dealkylation sites (tertiary alicyclic amines) is 2. The van der Waals surface area contributed by atoms with E-state index in [4.69, 9.17) is 11.6 Å². The summed E-state index contributed by atoms with van der Waals surface area (Å²) in [5, 5.41) is 4.94. The highest BCUT2D eigenvalue weighted by atomic mass is 35.5. The molecule has 0 radical (unpaired) electrons. The van der Waals surface area contributed by atoms with Gasteiger partial charge in [0.2, 0.25) is 5.91 Å². The van der Waals surface area contributed by atoms with Gasteiger partial charge in [0.15, 0.2) is 0 Å². The minimum atomic E-state index is 0.194. The van der Waals surface area contributed by atoms with Gasteiger partial charge in [-0.15, -0.1) is 0 Å². The molecule has 2 aromatic rings. The molecule has 0 saturated carbocycles. The summed E-state index contributed by atoms with van der Waals surface area (Å²) < 4.78 is 1.76. The number of piperidine rings is 2. The molecule has 4 rings (SSSR count). The summed E-state index contributed by atoms with van der Waals surface area (Å²) >= 11 is 6.19. The smallest absolute Gasteiger partial charge is 0.225 e. The largest absolute Gasteiger partial charge is 0.342 e. The SMILES string of the molecule is O=C(C1CCN(Cc2ccc(Cl)cc2-n2cncn2)CC1)N1CCCCC1. The zero-order valence-electron chi connectivity index (χ0n) is 15.6. The van der Waals surface area contributed by atoms with Crippen LogP contribution in [0.2, 0.25) is 5.02 Å². The van der Waals surface area contributed by atoms with Crippen LogP contribution in [0.3, 0.4) is 0 Å². The zero-order valence-corrected chi connectivity index (χ0v) is 16.3. The monoisotopic (exact) mass is 387 g/mol. The van der Waals surface area contributed by atoms with Crippen molar-refractivity contribution in [2.24, 2.45) is 5.92 Å². The fourth-order valence-corrected chi connectivity index (χ4v) is 4.33. The number of hydrogen-bond donors (Lipinski definition) is 0. The molecule has 1 aromatic heterocycles. The maximum Gasteiger partial charge on any atom is 0.225 e. The average Bonchev–Trinajstić information content (AvgIpc) is 3.25. The molecule has 2 saturated heterocycles. The first-order valence-corrected chi connectivity index (χ1v) is 10.2. The number of aromatic nitrogens is 3. The molecule has 0 aliphatic carbocycles. The maximum atomic E-state index is 12.7. The molecule has 0 bridgehead atoms. The van der Waals surface area contributed by atoms with Crippen LogP contribution in [-0.4, -0.2) is 56.7 Å². The Bertz CT molecular complexity index is 765. The van der Waals surface area contributed by atoms with Gasteiger partial charge in [-0.25, -0.2) is 9.67 Å². The summed E-state index contributed by atoms with van der Waals surface area (Å²) in [6.07, 6.45) is 8.69. The Hall–Kier alpha value is -1.92. The minimum absolute atomic E-state index is 0.194. The van der Waals surface area contributed by atoms with E-state index in [1.807, 2.05) is 12.1 Å². The van der Waals surface area contributed by atoms with Crippen molar-refractivity contribution in [1.82, 2.24) is 24.6 Å². The summed E-state index contributed by atoms with van der Waals surface area (Å²) in [6, 6.07) is 5.91. The highest BCUT2D eigenvalue weighted by Crippen LogP contribution is 2.25. The number of carbonyl (C=O) groups is 1. The van der Waals surface area contributed by atoms with Crippen LogP contribution in [0.25, 0.3) is 5.69 Å². The van der Waals surface area contributed by atoms with Gasteiger partial charge >= 0.3 is 0 Å². The van der Waals surface area contributed by atoms with Crippen molar-refractivity contribution in [3.8, 4) is 5.69 Å². The zero-order chi connectivity index (χ0) is 18.6. The van der Waals surface area contributed by atoms with Crippen LogP contribution in [0.15, 0.2) is 30.9 Å². The Morgan fingerprint density at radius 3 is 2.59 bits per heavy atom. The molecule has 7 heteroatoms. The van der Waals surface area contributed by atoms with Crippen LogP contribution in [0, 0.1) is 5.92 Å². The second-order valence-corrected chi connectivity index (χ2v) is 7.99. The van der Waals surface area contributed by atoms with Crippen molar-refractivity contribution in [1.29, 1.82) is 0 Å². The second-order valence-electron chi connectivity index (χ2n) is 7.55. The Morgan fingerprint density at radius 1 is 1.11 bits per heavy atom. The van der Waals surface area contributed by atoms with E-state index in [1.165, 1.54) is 18.3 Å². The predicted octanol–water partition coefficient (Wildman–Crippen LogP) is 3.15. The number of nitrogens with zero attached hydrogens (tertiary/aromatic N) is 5. The average molecular weight is 388 g/mol. The maximum absolute atomic E-state index is 12.7. The summed E-state index contributed by atoms with van der Waals surface area (Å²) in [5.41, 5.74) is 2.14. The van der Waals surface area contributed by atoms with Gasteiger partial charge in [0, 0.05) is 30.6 Å². The first-order valence-electron chi connectivity index (χ1n) is 9.85. The molecule has 0 unspecified atom stereocenters. The van der Waals surface area contributed by atoms with Gasteiger partial charge in [-0.05, 0) is 62.9 Å². The molecule has 2 aliphatic rings. The number of carbonyl (C=O) groups excluding carboxylic acids is 1. The van der Waals surface area contributed by atoms with Gasteiger partial charge in [-0.1, -0.05) is 17.7 Å². The summed E-state index contributed by atoms with van der Waals surface area (Å²) in [7, 11) is 0. The molecule has 1 aromatic carbocycles. The highest BCUT2D eigenvalue weighted by Gasteiger charge is 2.29. The molecule has 1 amide bonds.